The SMILES string of the molecule is CN[C@@H](C)C(=O)N[C@@H](Cc1ccc(O)cc1)C(=O)N1Cc2ccccc2C[C@H]1C(=O)N[C@@H]1CCCc2ccccc21. The van der Waals surface area contributed by atoms with Gasteiger partial charge in [0.2, 0.25) is 17.7 Å². The van der Waals surface area contributed by atoms with Crippen molar-refractivity contribution in [3.63, 3.8) is 0 Å². The summed E-state index contributed by atoms with van der Waals surface area (Å²) in [6.07, 6.45) is 3.45. The lowest BCUT2D eigenvalue weighted by atomic mass is 9.87. The maximum atomic E-state index is 14.3. The van der Waals surface area contributed by atoms with Crippen molar-refractivity contribution >= 4 is 17.7 Å². The molecule has 4 atom stereocenters. The van der Waals surface area contributed by atoms with E-state index in [1.54, 1.807) is 43.1 Å². The first-order valence-corrected chi connectivity index (χ1v) is 14.3. The maximum absolute atomic E-state index is 14.3. The highest BCUT2D eigenvalue weighted by atomic mass is 16.3. The van der Waals surface area contributed by atoms with E-state index in [1.807, 2.05) is 36.4 Å². The Labute approximate surface area is 241 Å². The number of carbonyl (C=O) groups excluding carboxylic acids is 3. The smallest absolute Gasteiger partial charge is 0.246 e. The number of benzene rings is 3. The first-order chi connectivity index (χ1) is 19.8. The molecule has 1 aliphatic carbocycles. The number of phenols is 1. The van der Waals surface area contributed by atoms with Crippen LogP contribution in [0.5, 0.6) is 5.75 Å². The Morgan fingerprint density at radius 3 is 2.37 bits per heavy atom. The number of likely N-dealkylation sites (N-methyl/N-ethyl adjacent to an activating group) is 1. The fourth-order valence-corrected chi connectivity index (χ4v) is 5.86. The molecule has 4 N–H and O–H groups in total. The van der Waals surface area contributed by atoms with E-state index < -0.39 is 18.1 Å². The van der Waals surface area contributed by atoms with Gasteiger partial charge in [-0.15, -0.1) is 0 Å². The number of phenolic OH excluding ortho intramolecular Hbond substituents is 1. The van der Waals surface area contributed by atoms with E-state index in [1.165, 1.54) is 5.56 Å². The molecule has 3 aromatic rings. The number of fused-ring (bicyclic) bond motifs is 2. The van der Waals surface area contributed by atoms with Crippen LogP contribution in [-0.4, -0.2) is 52.9 Å². The summed E-state index contributed by atoms with van der Waals surface area (Å²) < 4.78 is 0. The van der Waals surface area contributed by atoms with Gasteiger partial charge in [-0.25, -0.2) is 0 Å². The van der Waals surface area contributed by atoms with E-state index in [4.69, 9.17) is 0 Å². The maximum Gasteiger partial charge on any atom is 0.246 e. The molecule has 0 spiro atoms. The Kier molecular flexibility index (Phi) is 8.69. The van der Waals surface area contributed by atoms with Gasteiger partial charge in [0.1, 0.15) is 17.8 Å². The molecule has 41 heavy (non-hydrogen) atoms. The van der Waals surface area contributed by atoms with Crippen molar-refractivity contribution in [1.29, 1.82) is 0 Å². The summed E-state index contributed by atoms with van der Waals surface area (Å²) in [5.41, 5.74) is 5.21. The Hall–Kier alpha value is -4.17. The number of nitrogens with one attached hydrogen (secondary N) is 3. The Morgan fingerprint density at radius 2 is 1.63 bits per heavy atom. The molecule has 2 aliphatic rings. The van der Waals surface area contributed by atoms with Crippen LogP contribution >= 0.6 is 0 Å². The van der Waals surface area contributed by atoms with Crippen LogP contribution in [-0.2, 0) is 40.2 Å². The molecule has 1 heterocycles. The minimum atomic E-state index is -0.890. The van der Waals surface area contributed by atoms with E-state index in [-0.39, 0.29) is 42.5 Å². The minimum Gasteiger partial charge on any atom is -0.508 e. The third-order valence-electron chi connectivity index (χ3n) is 8.34. The predicted molar refractivity (Wildman–Crippen MR) is 157 cm³/mol. The van der Waals surface area contributed by atoms with Gasteiger partial charge in [0.05, 0.1) is 12.1 Å². The van der Waals surface area contributed by atoms with Crippen LogP contribution in [0.15, 0.2) is 72.8 Å². The van der Waals surface area contributed by atoms with Crippen molar-refractivity contribution in [1.82, 2.24) is 20.9 Å². The van der Waals surface area contributed by atoms with Crippen LogP contribution in [0, 0.1) is 0 Å². The number of rotatable bonds is 8. The highest BCUT2D eigenvalue weighted by Gasteiger charge is 2.39. The second kappa shape index (κ2) is 12.6. The lowest BCUT2D eigenvalue weighted by molar-refractivity contribution is -0.145. The zero-order chi connectivity index (χ0) is 28.9. The summed E-state index contributed by atoms with van der Waals surface area (Å²) in [5.74, 6) is -0.679. The fraction of sp³-hybridized carbons (Fsp3) is 0.364. The van der Waals surface area contributed by atoms with Crippen LogP contribution in [0.25, 0.3) is 0 Å². The molecule has 0 saturated heterocycles. The molecule has 0 fully saturated rings. The average molecular weight is 555 g/mol. The summed E-state index contributed by atoms with van der Waals surface area (Å²) in [7, 11) is 1.69. The van der Waals surface area contributed by atoms with E-state index >= 15 is 0 Å². The Bertz CT molecular complexity index is 1410. The fourth-order valence-electron chi connectivity index (χ4n) is 5.86. The molecule has 5 rings (SSSR count). The van der Waals surface area contributed by atoms with Crippen molar-refractivity contribution in [2.24, 2.45) is 0 Å². The van der Waals surface area contributed by atoms with Gasteiger partial charge in [0.15, 0.2) is 0 Å². The molecule has 214 valence electrons. The highest BCUT2D eigenvalue weighted by Crippen LogP contribution is 2.31. The Morgan fingerprint density at radius 1 is 0.951 bits per heavy atom. The Balaban J connectivity index is 1.44. The van der Waals surface area contributed by atoms with E-state index in [0.717, 1.165) is 41.5 Å². The summed E-state index contributed by atoms with van der Waals surface area (Å²) in [6, 6.07) is 20.5. The van der Waals surface area contributed by atoms with Crippen LogP contribution in [0.4, 0.5) is 0 Å². The molecule has 8 heteroatoms. The number of hydrogen-bond donors (Lipinski definition) is 4. The van der Waals surface area contributed by atoms with Crippen LogP contribution < -0.4 is 16.0 Å². The van der Waals surface area contributed by atoms with Crippen molar-refractivity contribution in [2.45, 2.75) is 69.7 Å². The van der Waals surface area contributed by atoms with Crippen molar-refractivity contribution < 1.29 is 19.5 Å². The summed E-state index contributed by atoms with van der Waals surface area (Å²) >= 11 is 0. The van der Waals surface area contributed by atoms with E-state index in [0.29, 0.717) is 6.42 Å². The van der Waals surface area contributed by atoms with Gasteiger partial charge >= 0.3 is 0 Å². The summed E-state index contributed by atoms with van der Waals surface area (Å²) in [4.78, 5) is 42.8. The largest absolute Gasteiger partial charge is 0.508 e. The molecule has 0 aromatic heterocycles. The molecule has 3 amide bonds. The second-order valence-corrected chi connectivity index (χ2v) is 11.0. The van der Waals surface area contributed by atoms with E-state index in [9.17, 15) is 19.5 Å². The molecule has 0 saturated carbocycles. The third kappa shape index (κ3) is 6.43. The van der Waals surface area contributed by atoms with Crippen LogP contribution in [0.2, 0.25) is 0 Å². The van der Waals surface area contributed by atoms with Crippen molar-refractivity contribution in [3.8, 4) is 5.75 Å². The number of amides is 3. The number of aromatic hydroxyl groups is 1. The lowest BCUT2D eigenvalue weighted by Crippen LogP contribution is -2.59. The topological polar surface area (TPSA) is 111 Å². The molecule has 3 aromatic carbocycles. The molecule has 0 radical (unpaired) electrons. The second-order valence-electron chi connectivity index (χ2n) is 11.0. The molecular formula is C33H38N4O4. The molecule has 8 nitrogen and oxygen atoms in total. The highest BCUT2D eigenvalue weighted by molar-refractivity contribution is 5.94. The van der Waals surface area contributed by atoms with Gasteiger partial charge in [0, 0.05) is 19.4 Å². The summed E-state index contributed by atoms with van der Waals surface area (Å²) in [6.45, 7) is 2.00. The van der Waals surface area contributed by atoms with Gasteiger partial charge < -0.3 is 26.0 Å². The lowest BCUT2D eigenvalue weighted by Gasteiger charge is -2.39. The predicted octanol–water partition coefficient (Wildman–Crippen LogP) is 3.17. The number of aryl methyl sites for hydroxylation is 1. The minimum absolute atomic E-state index is 0.106. The first-order valence-electron chi connectivity index (χ1n) is 14.3. The number of carbonyl (C=O) groups is 3. The van der Waals surface area contributed by atoms with Gasteiger partial charge in [-0.1, -0.05) is 60.7 Å². The van der Waals surface area contributed by atoms with Crippen molar-refractivity contribution in [2.75, 3.05) is 7.05 Å². The zero-order valence-corrected chi connectivity index (χ0v) is 23.6. The van der Waals surface area contributed by atoms with Gasteiger partial charge in [-0.05, 0) is 73.2 Å². The monoisotopic (exact) mass is 554 g/mol. The zero-order valence-electron chi connectivity index (χ0n) is 23.6. The number of nitrogens with zero attached hydrogens (tertiary/aromatic N) is 1. The third-order valence-corrected chi connectivity index (χ3v) is 8.34. The quantitative estimate of drug-likeness (QED) is 0.342. The molecule has 1 aliphatic heterocycles. The molecule has 0 unspecified atom stereocenters. The first kappa shape index (κ1) is 28.4. The number of hydrogen-bond acceptors (Lipinski definition) is 5. The molecular weight excluding hydrogens is 516 g/mol. The standard InChI is InChI=1S/C33H38N4O4/c1-21(34-2)31(39)36-29(18-22-14-16-26(38)17-15-22)33(41)37-20-25-10-4-3-9-24(25)19-30(37)32(40)35-28-13-7-11-23-8-5-6-12-27(23)28/h3-6,8-10,12,14-17,21,28-30,34,38H,7,11,13,18-20H2,1-2H3,(H,35,40)(H,36,39)/t21-,28+,29-,30-/m0/s1. The van der Waals surface area contributed by atoms with Gasteiger partial charge in [0.25, 0.3) is 0 Å². The van der Waals surface area contributed by atoms with E-state index in [2.05, 4.69) is 28.1 Å². The van der Waals surface area contributed by atoms with Crippen LogP contribution in [0.3, 0.4) is 0 Å². The van der Waals surface area contributed by atoms with Crippen LogP contribution in [0.1, 0.15) is 53.6 Å². The average Bonchev–Trinajstić information content (AvgIpc) is 3.00. The summed E-state index contributed by atoms with van der Waals surface area (Å²) in [5, 5.41) is 18.8. The normalized spacial score (nSPS) is 19.3. The molecule has 0 bridgehead atoms. The van der Waals surface area contributed by atoms with Gasteiger partial charge in [-0.2, -0.15) is 0 Å². The van der Waals surface area contributed by atoms with Crippen molar-refractivity contribution in [3.05, 3.63) is 101 Å². The van der Waals surface area contributed by atoms with Gasteiger partial charge in [-0.3, -0.25) is 14.4 Å².